The molecule has 0 saturated heterocycles. The Kier molecular flexibility index (Phi) is 5.97. The van der Waals surface area contributed by atoms with Gasteiger partial charge in [0, 0.05) is 6.42 Å². The van der Waals surface area contributed by atoms with E-state index in [0.29, 0.717) is 0 Å². The van der Waals surface area contributed by atoms with Gasteiger partial charge < -0.3 is 0 Å². The lowest BCUT2D eigenvalue weighted by Crippen LogP contribution is -2.71. The number of halogens is 14. The van der Waals surface area contributed by atoms with Crippen molar-refractivity contribution >= 4 is 11.6 Å². The molecule has 0 aromatic carbocycles. The first kappa shape index (κ1) is 22.1. The van der Waals surface area contributed by atoms with E-state index < -0.39 is 53.8 Å². The van der Waals surface area contributed by atoms with Crippen molar-refractivity contribution in [2.75, 3.05) is 6.67 Å². The molecule has 0 aliphatic rings. The summed E-state index contributed by atoms with van der Waals surface area (Å²) in [5.41, 5.74) is -7.29. The largest absolute Gasteiger partial charge is 0.434 e. The van der Waals surface area contributed by atoms with E-state index in [-0.39, 0.29) is 0 Å². The van der Waals surface area contributed by atoms with E-state index in [4.69, 9.17) is 0 Å². The zero-order chi connectivity index (χ0) is 19.1. The number of hydrogen-bond acceptors (Lipinski definition) is 0. The van der Waals surface area contributed by atoms with Crippen molar-refractivity contribution in [1.29, 1.82) is 0 Å². The predicted molar refractivity (Wildman–Crippen MR) is 50.4 cm³/mol. The smallest absolute Gasteiger partial charge is 0.251 e. The molecule has 0 aliphatic heterocycles. The van der Waals surface area contributed by atoms with Gasteiger partial charge in [0.05, 0.1) is 6.67 Å². The maximum absolute atomic E-state index is 13.6. The lowest BCUT2D eigenvalue weighted by molar-refractivity contribution is -0.379. The van der Waals surface area contributed by atoms with Crippen molar-refractivity contribution in [3.05, 3.63) is 11.9 Å². The van der Waals surface area contributed by atoms with Gasteiger partial charge in [-0.15, -0.1) is 0 Å². The highest BCUT2D eigenvalue weighted by Gasteiger charge is 2.88. The Bertz CT molecular complexity index is 461. The third kappa shape index (κ3) is 3.20. The monoisotopic (exact) mass is 394 g/mol. The van der Waals surface area contributed by atoms with Gasteiger partial charge in [-0.25, -0.2) is 22.0 Å². The van der Waals surface area contributed by atoms with Gasteiger partial charge in [-0.2, -0.15) is 30.7 Å². The maximum Gasteiger partial charge on any atom is 0.434 e. The van der Waals surface area contributed by atoms with E-state index >= 15 is 0 Å². The minimum atomic E-state index is -7.34. The van der Waals surface area contributed by atoms with Crippen LogP contribution in [0, 0.1) is 0 Å². The number of rotatable bonds is 6. The molecule has 0 bridgehead atoms. The molecule has 0 rings (SSSR count). The molecule has 2 unspecified atom stereocenters. The topological polar surface area (TPSA) is 0 Å². The number of hydrogen-bond donors (Lipinski definition) is 0. The Morgan fingerprint density at radius 3 is 1.43 bits per heavy atom. The van der Waals surface area contributed by atoms with E-state index in [2.05, 4.69) is 11.6 Å². The SMILES string of the molecule is FCCC(F)(F)C(F)(C(F)(F)F)C(F)(F)C(F)(Cl)C(F)=C(F)F. The fraction of sp³-hybridized carbons (Fsp3) is 0.778. The maximum atomic E-state index is 13.6. The van der Waals surface area contributed by atoms with Gasteiger partial charge >= 0.3 is 29.0 Å². The molecule has 2 atom stereocenters. The van der Waals surface area contributed by atoms with Crippen LogP contribution in [0.1, 0.15) is 6.42 Å². The fourth-order valence-electron chi connectivity index (χ4n) is 1.38. The predicted octanol–water partition coefficient (Wildman–Crippen LogP) is 5.87. The van der Waals surface area contributed by atoms with Crippen LogP contribution in [0.25, 0.3) is 0 Å². The van der Waals surface area contributed by atoms with Crippen LogP contribution in [0.4, 0.5) is 57.1 Å². The molecule has 138 valence electrons. The molecule has 0 spiro atoms. The molecule has 14 heteroatoms. The lowest BCUT2D eigenvalue weighted by Gasteiger charge is -2.42. The second-order valence-electron chi connectivity index (χ2n) is 4.02. The van der Waals surface area contributed by atoms with Crippen LogP contribution in [0.15, 0.2) is 11.9 Å². The van der Waals surface area contributed by atoms with Crippen molar-refractivity contribution in [2.45, 2.75) is 35.2 Å². The summed E-state index contributed by atoms with van der Waals surface area (Å²) in [6.45, 7) is -2.48. The summed E-state index contributed by atoms with van der Waals surface area (Å²) < 4.78 is 165. The summed E-state index contributed by atoms with van der Waals surface area (Å²) in [6, 6.07) is 0. The summed E-state index contributed by atoms with van der Waals surface area (Å²) in [7, 11) is 0. The van der Waals surface area contributed by atoms with Crippen molar-refractivity contribution < 1.29 is 57.1 Å². The average molecular weight is 395 g/mol. The normalized spacial score (nSPS) is 19.0. The number of allylic oxidation sites excluding steroid dienone is 1. The first-order valence-electron chi connectivity index (χ1n) is 5.08. The summed E-state index contributed by atoms with van der Waals surface area (Å²) in [5, 5.41) is -6.32. The Morgan fingerprint density at radius 2 is 1.17 bits per heavy atom. The quantitative estimate of drug-likeness (QED) is 0.390. The summed E-state index contributed by atoms with van der Waals surface area (Å²) >= 11 is 3.87. The van der Waals surface area contributed by atoms with Crippen LogP contribution in [0.3, 0.4) is 0 Å². The van der Waals surface area contributed by atoms with E-state index in [1.807, 2.05) is 0 Å². The van der Waals surface area contributed by atoms with Gasteiger partial charge in [-0.1, -0.05) is 11.6 Å². The third-order valence-corrected chi connectivity index (χ3v) is 2.97. The minimum Gasteiger partial charge on any atom is -0.251 e. The third-order valence-electron chi connectivity index (χ3n) is 2.57. The molecule has 0 radical (unpaired) electrons. The van der Waals surface area contributed by atoms with Crippen molar-refractivity contribution in [1.82, 2.24) is 0 Å². The molecule has 0 saturated carbocycles. The van der Waals surface area contributed by atoms with Crippen molar-refractivity contribution in [2.24, 2.45) is 0 Å². The Morgan fingerprint density at radius 1 is 0.783 bits per heavy atom. The summed E-state index contributed by atoms with van der Waals surface area (Å²) in [5.74, 6) is -17.8. The van der Waals surface area contributed by atoms with Crippen LogP contribution in [-0.4, -0.2) is 35.5 Å². The highest BCUT2D eigenvalue weighted by Crippen LogP contribution is 2.61. The lowest BCUT2D eigenvalue weighted by atomic mass is 9.84. The zero-order valence-corrected chi connectivity index (χ0v) is 11.0. The zero-order valence-electron chi connectivity index (χ0n) is 10.2. The van der Waals surface area contributed by atoms with E-state index in [0.717, 1.165) is 0 Å². The van der Waals surface area contributed by atoms with Crippen molar-refractivity contribution in [3.63, 3.8) is 0 Å². The molecule has 0 N–H and O–H groups in total. The number of alkyl halides is 11. The molecular formula is C9H4ClF13. The van der Waals surface area contributed by atoms with Gasteiger partial charge in [0.25, 0.3) is 5.92 Å². The van der Waals surface area contributed by atoms with Crippen LogP contribution < -0.4 is 0 Å². The summed E-state index contributed by atoms with van der Waals surface area (Å²) in [6.07, 6.45) is -14.2. The molecule has 0 aromatic heterocycles. The Balaban J connectivity index is 6.60. The molecule has 0 nitrogen and oxygen atoms in total. The standard InChI is InChI=1S/C9H4ClF13/c10-6(17,3(12)4(13)14)8(19,20)7(18,9(21,22)23)5(15,16)1-2-11/h1-2H2. The second-order valence-corrected chi connectivity index (χ2v) is 4.54. The van der Waals surface area contributed by atoms with Gasteiger partial charge in [-0.05, 0) is 0 Å². The molecule has 23 heavy (non-hydrogen) atoms. The highest BCUT2D eigenvalue weighted by atomic mass is 35.5. The Hall–Kier alpha value is -0.880. The van der Waals surface area contributed by atoms with Crippen LogP contribution in [-0.2, 0) is 0 Å². The molecule has 0 heterocycles. The molecule has 0 aliphatic carbocycles. The second kappa shape index (κ2) is 6.20. The Labute approximate surface area is 123 Å². The highest BCUT2D eigenvalue weighted by molar-refractivity contribution is 6.25. The van der Waals surface area contributed by atoms with Gasteiger partial charge in [-0.3, -0.25) is 4.39 Å². The molecular weight excluding hydrogens is 391 g/mol. The first-order valence-corrected chi connectivity index (χ1v) is 5.46. The minimum absolute atomic E-state index is 2.48. The molecule has 0 aromatic rings. The first-order chi connectivity index (χ1) is 9.91. The van der Waals surface area contributed by atoms with E-state index in [1.54, 1.807) is 0 Å². The fourth-order valence-corrected chi connectivity index (χ4v) is 1.58. The van der Waals surface area contributed by atoms with Crippen LogP contribution in [0.2, 0.25) is 0 Å². The van der Waals surface area contributed by atoms with Crippen molar-refractivity contribution in [3.8, 4) is 0 Å². The summed E-state index contributed by atoms with van der Waals surface area (Å²) in [4.78, 5) is 0. The van der Waals surface area contributed by atoms with E-state index in [9.17, 15) is 57.1 Å². The van der Waals surface area contributed by atoms with Crippen LogP contribution in [0.5, 0.6) is 0 Å². The van der Waals surface area contributed by atoms with E-state index in [1.165, 1.54) is 0 Å². The van der Waals surface area contributed by atoms with Crippen LogP contribution >= 0.6 is 11.6 Å². The van der Waals surface area contributed by atoms with Gasteiger partial charge in [0.1, 0.15) is 0 Å². The average Bonchev–Trinajstić information content (AvgIpc) is 2.34. The molecule has 0 amide bonds. The van der Waals surface area contributed by atoms with Gasteiger partial charge in [0.15, 0.2) is 0 Å². The van der Waals surface area contributed by atoms with Gasteiger partial charge in [0.2, 0.25) is 5.83 Å². The molecule has 0 fully saturated rings.